The first-order valence-electron chi connectivity index (χ1n) is 10.4. The largest absolute Gasteiger partial charge is 0.480 e. The van der Waals surface area contributed by atoms with Crippen LogP contribution in [0.3, 0.4) is 0 Å². The van der Waals surface area contributed by atoms with Crippen molar-refractivity contribution >= 4 is 40.4 Å². The Bertz CT molecular complexity index is 858. The van der Waals surface area contributed by atoms with Crippen molar-refractivity contribution in [2.75, 3.05) is 18.0 Å². The molecule has 30 heavy (non-hydrogen) atoms. The molecule has 7 heteroatoms. The smallest absolute Gasteiger partial charge is 0.319 e. The fourth-order valence-electron chi connectivity index (χ4n) is 3.00. The van der Waals surface area contributed by atoms with Crippen molar-refractivity contribution in [3.8, 4) is 0 Å². The van der Waals surface area contributed by atoms with Crippen LogP contribution in [0.5, 0.6) is 0 Å². The van der Waals surface area contributed by atoms with Crippen LogP contribution in [-0.4, -0.2) is 33.9 Å². The third-order valence-electron chi connectivity index (χ3n) is 4.88. The lowest BCUT2D eigenvalue weighted by Gasteiger charge is -2.25. The summed E-state index contributed by atoms with van der Waals surface area (Å²) in [6, 6.07) is 7.80. The first kappa shape index (κ1) is 24.2. The highest BCUT2D eigenvalue weighted by Crippen LogP contribution is 2.34. The molecule has 0 atom stereocenters. The van der Waals surface area contributed by atoms with Gasteiger partial charge in [-0.1, -0.05) is 56.5 Å². The van der Waals surface area contributed by atoms with Gasteiger partial charge in [0.05, 0.1) is 12.3 Å². The van der Waals surface area contributed by atoms with Gasteiger partial charge in [-0.05, 0) is 32.4 Å². The molecule has 0 fully saturated rings. The normalized spacial score (nSPS) is 11.3. The van der Waals surface area contributed by atoms with Crippen LogP contribution in [0.2, 0.25) is 0 Å². The summed E-state index contributed by atoms with van der Waals surface area (Å²) in [5, 5.41) is 11.3. The number of carboxylic acids is 1. The maximum absolute atomic E-state index is 11.4. The minimum atomic E-state index is -0.889. The average Bonchev–Trinajstić information content (AvgIpc) is 3.16. The molecule has 0 saturated heterocycles. The number of unbranched alkanes of at least 4 members (excludes halogenated alkanes) is 4. The Morgan fingerprint density at radius 1 is 1.27 bits per heavy atom. The van der Waals surface area contributed by atoms with Crippen LogP contribution < -0.4 is 4.90 Å². The van der Waals surface area contributed by atoms with Gasteiger partial charge in [0.1, 0.15) is 4.75 Å². The van der Waals surface area contributed by atoms with Crippen molar-refractivity contribution in [3.05, 3.63) is 46.8 Å². The molecule has 1 aromatic carbocycles. The van der Waals surface area contributed by atoms with E-state index in [0.29, 0.717) is 5.69 Å². The zero-order chi connectivity index (χ0) is 22.0. The first-order chi connectivity index (χ1) is 14.4. The fraction of sp³-hybridized carbons (Fsp3) is 0.522. The summed E-state index contributed by atoms with van der Waals surface area (Å²) < 4.78 is -0.0987. The quantitative estimate of drug-likeness (QED) is 0.212. The molecular weight excluding hydrogens is 414 g/mol. The second-order valence-corrected chi connectivity index (χ2v) is 10.5. The Labute approximate surface area is 188 Å². The number of carbonyl (C=O) groups is 1. The number of hydrogen-bond acceptors (Lipinski definition) is 5. The van der Waals surface area contributed by atoms with Crippen molar-refractivity contribution in [3.63, 3.8) is 0 Å². The van der Waals surface area contributed by atoms with Gasteiger partial charge in [0.25, 0.3) is 0 Å². The monoisotopic (exact) mass is 445 g/mol. The van der Waals surface area contributed by atoms with Crippen LogP contribution in [0.1, 0.15) is 58.6 Å². The molecule has 0 saturated carbocycles. The van der Waals surface area contributed by atoms with Crippen LogP contribution in [0.4, 0.5) is 11.4 Å². The third-order valence-corrected chi connectivity index (χ3v) is 7.05. The average molecular weight is 446 g/mol. The number of thiazole rings is 1. The number of anilines is 1. The number of hydrogen-bond donors (Lipinski definition) is 1. The Morgan fingerprint density at radius 2 is 2.03 bits per heavy atom. The zero-order valence-electron chi connectivity index (χ0n) is 18.1. The van der Waals surface area contributed by atoms with Crippen LogP contribution in [-0.2, 0) is 11.2 Å². The number of nitrogens with zero attached hydrogens (tertiary/aromatic N) is 3. The molecule has 1 N–H and O–H groups in total. The molecule has 0 bridgehead atoms. The minimum Gasteiger partial charge on any atom is -0.480 e. The molecule has 0 aliphatic heterocycles. The highest BCUT2D eigenvalue weighted by atomic mass is 32.2. The summed E-state index contributed by atoms with van der Waals surface area (Å²) in [5.41, 5.74) is 2.73. The van der Waals surface area contributed by atoms with E-state index >= 15 is 0 Å². The van der Waals surface area contributed by atoms with Crippen molar-refractivity contribution in [2.45, 2.75) is 68.4 Å². The number of carboxylic acid groups (broad SMARTS) is 1. The summed E-state index contributed by atoms with van der Waals surface area (Å²) in [6.45, 7) is 14.7. The summed E-state index contributed by atoms with van der Waals surface area (Å²) in [6.07, 6.45) is 6.92. The summed E-state index contributed by atoms with van der Waals surface area (Å²) >= 11 is 2.80. The van der Waals surface area contributed by atoms with Gasteiger partial charge in [-0.25, -0.2) is 9.83 Å². The number of aliphatic carboxylic acids is 1. The molecule has 2 rings (SSSR count). The molecule has 1 heterocycles. The van der Waals surface area contributed by atoms with Gasteiger partial charge < -0.3 is 10.0 Å². The van der Waals surface area contributed by atoms with Gasteiger partial charge >= 0.3 is 5.97 Å². The van der Waals surface area contributed by atoms with Crippen LogP contribution in [0.25, 0.3) is 4.85 Å². The predicted molar refractivity (Wildman–Crippen MR) is 127 cm³/mol. The molecule has 2 aromatic rings. The summed E-state index contributed by atoms with van der Waals surface area (Å²) in [4.78, 5) is 21.9. The Hall–Kier alpha value is -2.04. The molecule has 0 spiro atoms. The second kappa shape index (κ2) is 12.0. The molecule has 162 valence electrons. The third kappa shape index (κ3) is 7.66. The van der Waals surface area contributed by atoms with E-state index < -0.39 is 10.7 Å². The SMILES string of the molecule is [C-]#[N+]c1cccc(N(CCCCCCC)CCc2csc(SC(C)(C)C(=O)O)n2)c1. The maximum atomic E-state index is 11.4. The number of aromatic nitrogens is 1. The van der Waals surface area contributed by atoms with E-state index in [4.69, 9.17) is 6.57 Å². The van der Waals surface area contributed by atoms with Crippen molar-refractivity contribution in [1.29, 1.82) is 0 Å². The minimum absolute atomic E-state index is 0.659. The van der Waals surface area contributed by atoms with Gasteiger partial charge in [0.2, 0.25) is 0 Å². The molecular formula is C23H31N3O2S2. The van der Waals surface area contributed by atoms with E-state index in [2.05, 4.69) is 27.7 Å². The van der Waals surface area contributed by atoms with Gasteiger partial charge in [0.15, 0.2) is 10.0 Å². The van der Waals surface area contributed by atoms with E-state index in [-0.39, 0.29) is 0 Å². The highest BCUT2D eigenvalue weighted by Gasteiger charge is 2.29. The lowest BCUT2D eigenvalue weighted by molar-refractivity contribution is -0.138. The van der Waals surface area contributed by atoms with Gasteiger partial charge in [-0.3, -0.25) is 4.79 Å². The molecule has 5 nitrogen and oxygen atoms in total. The van der Waals surface area contributed by atoms with Crippen molar-refractivity contribution in [2.24, 2.45) is 0 Å². The Morgan fingerprint density at radius 3 is 2.73 bits per heavy atom. The van der Waals surface area contributed by atoms with Crippen LogP contribution >= 0.6 is 23.1 Å². The lowest BCUT2D eigenvalue weighted by Crippen LogP contribution is -2.27. The molecule has 0 radical (unpaired) electrons. The summed E-state index contributed by atoms with van der Waals surface area (Å²) in [7, 11) is 0. The standard InChI is InChI=1S/C23H31N3O2S2/c1-5-6-7-8-9-14-26(20-12-10-11-18(16-20)24-4)15-13-19-17-29-22(25-19)30-23(2,3)21(27)28/h10-12,16-17H,5-9,13-15H2,1-3H3,(H,27,28). The molecule has 0 amide bonds. The van der Waals surface area contributed by atoms with Gasteiger partial charge in [-0.2, -0.15) is 0 Å². The predicted octanol–water partition coefficient (Wildman–Crippen LogP) is 6.67. The Balaban J connectivity index is 2.01. The first-order valence-corrected chi connectivity index (χ1v) is 12.1. The van der Waals surface area contributed by atoms with Gasteiger partial charge in [0, 0.05) is 30.6 Å². The summed E-state index contributed by atoms with van der Waals surface area (Å²) in [5.74, 6) is -0.835. The van der Waals surface area contributed by atoms with Crippen molar-refractivity contribution in [1.82, 2.24) is 4.98 Å². The van der Waals surface area contributed by atoms with Gasteiger partial charge in [-0.15, -0.1) is 11.3 Å². The van der Waals surface area contributed by atoms with E-state index in [1.807, 2.05) is 23.6 Å². The highest BCUT2D eigenvalue weighted by molar-refractivity contribution is 8.02. The number of thioether (sulfide) groups is 1. The van der Waals surface area contributed by atoms with E-state index in [1.165, 1.54) is 48.8 Å². The number of benzene rings is 1. The van der Waals surface area contributed by atoms with E-state index in [0.717, 1.165) is 41.7 Å². The number of rotatable bonds is 13. The van der Waals surface area contributed by atoms with Crippen LogP contribution in [0.15, 0.2) is 34.0 Å². The Kier molecular flexibility index (Phi) is 9.67. The molecule has 1 aromatic heterocycles. The van der Waals surface area contributed by atoms with E-state index in [9.17, 15) is 9.90 Å². The zero-order valence-corrected chi connectivity index (χ0v) is 19.7. The lowest BCUT2D eigenvalue weighted by atomic mass is 10.1. The molecule has 0 aliphatic carbocycles. The second-order valence-electron chi connectivity index (χ2n) is 7.81. The molecule has 0 unspecified atom stereocenters. The fourth-order valence-corrected chi connectivity index (χ4v) is 5.22. The van der Waals surface area contributed by atoms with Crippen molar-refractivity contribution < 1.29 is 9.90 Å². The molecule has 0 aliphatic rings. The van der Waals surface area contributed by atoms with E-state index in [1.54, 1.807) is 13.8 Å². The van der Waals surface area contributed by atoms with Crippen LogP contribution in [0, 0.1) is 6.57 Å². The maximum Gasteiger partial charge on any atom is 0.319 e. The topological polar surface area (TPSA) is 57.8 Å².